The third-order valence-corrected chi connectivity index (χ3v) is 4.61. The Morgan fingerprint density at radius 3 is 2.38 bits per heavy atom. The molecule has 1 atom stereocenters. The van der Waals surface area contributed by atoms with E-state index in [9.17, 15) is 0 Å². The zero-order valence-electron chi connectivity index (χ0n) is 11.3. The van der Waals surface area contributed by atoms with E-state index in [2.05, 4.69) is 25.4 Å². The van der Waals surface area contributed by atoms with Crippen molar-refractivity contribution in [3.05, 3.63) is 0 Å². The van der Waals surface area contributed by atoms with Crippen molar-refractivity contribution >= 4 is 11.8 Å². The van der Waals surface area contributed by atoms with Gasteiger partial charge in [-0.2, -0.15) is 11.8 Å². The Labute approximate surface area is 106 Å². The van der Waals surface area contributed by atoms with Gasteiger partial charge in [0.1, 0.15) is 0 Å². The summed E-state index contributed by atoms with van der Waals surface area (Å²) in [6, 6.07) is 1.55. The van der Waals surface area contributed by atoms with Crippen molar-refractivity contribution in [2.45, 2.75) is 70.9 Å². The third kappa shape index (κ3) is 5.09. The van der Waals surface area contributed by atoms with Crippen molar-refractivity contribution < 1.29 is 0 Å². The molecule has 1 saturated carbocycles. The van der Waals surface area contributed by atoms with Crippen molar-refractivity contribution in [1.29, 1.82) is 0 Å². The molecule has 0 bridgehead atoms. The molecule has 0 amide bonds. The summed E-state index contributed by atoms with van der Waals surface area (Å²) < 4.78 is 0. The molecule has 0 radical (unpaired) electrons. The minimum absolute atomic E-state index is 0.739. The van der Waals surface area contributed by atoms with Crippen LogP contribution in [0.2, 0.25) is 0 Å². The topological polar surface area (TPSA) is 12.0 Å². The van der Waals surface area contributed by atoms with E-state index in [1.165, 1.54) is 50.7 Å². The number of thioether (sulfide) groups is 1. The van der Waals surface area contributed by atoms with Gasteiger partial charge in [-0.1, -0.05) is 26.7 Å². The normalized spacial score (nSPS) is 27.9. The van der Waals surface area contributed by atoms with Gasteiger partial charge in [0.2, 0.25) is 0 Å². The summed E-state index contributed by atoms with van der Waals surface area (Å²) in [7, 11) is 0. The molecule has 1 rings (SSSR count). The first-order valence-electron chi connectivity index (χ1n) is 7.05. The lowest BCUT2D eigenvalue weighted by Crippen LogP contribution is -2.41. The van der Waals surface area contributed by atoms with Gasteiger partial charge in [-0.05, 0) is 44.3 Å². The number of hydrogen-bond acceptors (Lipinski definition) is 2. The van der Waals surface area contributed by atoms with Crippen LogP contribution < -0.4 is 5.32 Å². The molecule has 1 N–H and O–H groups in total. The molecular formula is C14H29NS. The van der Waals surface area contributed by atoms with E-state index in [1.807, 2.05) is 11.8 Å². The molecule has 0 spiro atoms. The molecule has 0 aromatic carbocycles. The van der Waals surface area contributed by atoms with Crippen LogP contribution in [0, 0.1) is 5.92 Å². The summed E-state index contributed by atoms with van der Waals surface area (Å²) in [6.07, 6.45) is 12.0. The number of rotatable bonds is 7. The molecule has 0 aliphatic heterocycles. The molecular weight excluding hydrogens is 214 g/mol. The molecule has 0 aromatic heterocycles. The van der Waals surface area contributed by atoms with Crippen molar-refractivity contribution in [3.8, 4) is 0 Å². The molecule has 1 aliphatic carbocycles. The van der Waals surface area contributed by atoms with Crippen LogP contribution in [0.5, 0.6) is 0 Å². The van der Waals surface area contributed by atoms with Gasteiger partial charge in [-0.3, -0.25) is 0 Å². The maximum atomic E-state index is 3.85. The molecule has 1 aliphatic rings. The summed E-state index contributed by atoms with van der Waals surface area (Å²) in [4.78, 5) is 0. The minimum atomic E-state index is 0.739. The summed E-state index contributed by atoms with van der Waals surface area (Å²) in [6.45, 7) is 4.62. The summed E-state index contributed by atoms with van der Waals surface area (Å²) >= 11 is 1.97. The monoisotopic (exact) mass is 243 g/mol. The maximum absolute atomic E-state index is 3.85. The van der Waals surface area contributed by atoms with Gasteiger partial charge in [0.15, 0.2) is 0 Å². The van der Waals surface area contributed by atoms with Gasteiger partial charge in [-0.15, -0.1) is 0 Å². The second-order valence-electron chi connectivity index (χ2n) is 5.23. The molecule has 2 heteroatoms. The average molecular weight is 243 g/mol. The fraction of sp³-hybridized carbons (Fsp3) is 1.00. The molecule has 0 saturated heterocycles. The SMILES string of the molecule is CCCC1CCC(NC(CC)CSC)CC1. The fourth-order valence-corrected chi connectivity index (χ4v) is 3.58. The standard InChI is InChI=1S/C14H29NS/c1-4-6-12-7-9-14(10-8-12)15-13(5-2)11-16-3/h12-15H,4-11H2,1-3H3. The van der Waals surface area contributed by atoms with E-state index >= 15 is 0 Å². The van der Waals surface area contributed by atoms with Gasteiger partial charge in [0.05, 0.1) is 0 Å². The van der Waals surface area contributed by atoms with Gasteiger partial charge in [0.25, 0.3) is 0 Å². The van der Waals surface area contributed by atoms with Crippen LogP contribution in [0.15, 0.2) is 0 Å². The lowest BCUT2D eigenvalue weighted by atomic mass is 9.83. The molecule has 1 fully saturated rings. The summed E-state index contributed by atoms with van der Waals surface area (Å²) in [5.74, 6) is 2.30. The first-order valence-corrected chi connectivity index (χ1v) is 8.44. The van der Waals surface area contributed by atoms with Crippen molar-refractivity contribution in [2.75, 3.05) is 12.0 Å². The Morgan fingerprint density at radius 1 is 1.19 bits per heavy atom. The molecule has 1 unspecified atom stereocenters. The number of hydrogen-bond donors (Lipinski definition) is 1. The second-order valence-corrected chi connectivity index (χ2v) is 6.14. The highest BCUT2D eigenvalue weighted by Crippen LogP contribution is 2.28. The Balaban J connectivity index is 2.20. The first kappa shape index (κ1) is 14.4. The Hall–Kier alpha value is 0.310. The van der Waals surface area contributed by atoms with E-state index < -0.39 is 0 Å². The zero-order chi connectivity index (χ0) is 11.8. The number of nitrogens with one attached hydrogen (secondary N) is 1. The lowest BCUT2D eigenvalue weighted by molar-refractivity contribution is 0.265. The maximum Gasteiger partial charge on any atom is 0.0158 e. The second kappa shape index (κ2) is 8.41. The smallest absolute Gasteiger partial charge is 0.0158 e. The van der Waals surface area contributed by atoms with E-state index in [0.717, 1.165) is 18.0 Å². The molecule has 96 valence electrons. The van der Waals surface area contributed by atoms with Crippen LogP contribution in [0.1, 0.15) is 58.8 Å². The van der Waals surface area contributed by atoms with Crippen LogP contribution in [-0.4, -0.2) is 24.1 Å². The predicted octanol–water partition coefficient (Wildman–Crippen LogP) is 4.08. The van der Waals surface area contributed by atoms with Crippen LogP contribution in [0.25, 0.3) is 0 Å². The molecule has 0 aromatic rings. The van der Waals surface area contributed by atoms with E-state index in [4.69, 9.17) is 0 Å². The third-order valence-electron chi connectivity index (χ3n) is 3.88. The summed E-state index contributed by atoms with van der Waals surface area (Å²) in [5.41, 5.74) is 0. The zero-order valence-corrected chi connectivity index (χ0v) is 12.1. The Morgan fingerprint density at radius 2 is 1.88 bits per heavy atom. The van der Waals surface area contributed by atoms with Crippen molar-refractivity contribution in [2.24, 2.45) is 5.92 Å². The predicted molar refractivity (Wildman–Crippen MR) is 76.3 cm³/mol. The Kier molecular flexibility index (Phi) is 7.55. The van der Waals surface area contributed by atoms with Gasteiger partial charge in [0, 0.05) is 17.8 Å². The van der Waals surface area contributed by atoms with Gasteiger partial charge in [-0.25, -0.2) is 0 Å². The highest BCUT2D eigenvalue weighted by Gasteiger charge is 2.21. The largest absolute Gasteiger partial charge is 0.310 e. The van der Waals surface area contributed by atoms with E-state index in [1.54, 1.807) is 0 Å². The summed E-state index contributed by atoms with van der Waals surface area (Å²) in [5, 5.41) is 3.85. The quantitative estimate of drug-likeness (QED) is 0.723. The molecule has 0 heterocycles. The van der Waals surface area contributed by atoms with E-state index in [0.29, 0.717) is 0 Å². The van der Waals surface area contributed by atoms with Crippen LogP contribution >= 0.6 is 11.8 Å². The van der Waals surface area contributed by atoms with Crippen LogP contribution in [-0.2, 0) is 0 Å². The van der Waals surface area contributed by atoms with Crippen LogP contribution in [0.3, 0.4) is 0 Å². The Bertz CT molecular complexity index is 164. The van der Waals surface area contributed by atoms with Crippen LogP contribution in [0.4, 0.5) is 0 Å². The first-order chi connectivity index (χ1) is 7.80. The molecule has 1 nitrogen and oxygen atoms in total. The highest BCUT2D eigenvalue weighted by molar-refractivity contribution is 7.98. The molecule has 16 heavy (non-hydrogen) atoms. The van der Waals surface area contributed by atoms with Gasteiger partial charge >= 0.3 is 0 Å². The van der Waals surface area contributed by atoms with Gasteiger partial charge < -0.3 is 5.32 Å². The van der Waals surface area contributed by atoms with Crippen molar-refractivity contribution in [3.63, 3.8) is 0 Å². The average Bonchev–Trinajstić information content (AvgIpc) is 2.31. The minimum Gasteiger partial charge on any atom is -0.310 e. The fourth-order valence-electron chi connectivity index (χ4n) is 2.84. The van der Waals surface area contributed by atoms with Crippen molar-refractivity contribution in [1.82, 2.24) is 5.32 Å². The highest BCUT2D eigenvalue weighted by atomic mass is 32.2. The van der Waals surface area contributed by atoms with E-state index in [-0.39, 0.29) is 0 Å². The lowest BCUT2D eigenvalue weighted by Gasteiger charge is -2.31.